The summed E-state index contributed by atoms with van der Waals surface area (Å²) >= 11 is 0. The third-order valence-electron chi connectivity index (χ3n) is 1.17. The molecule has 0 heterocycles. The summed E-state index contributed by atoms with van der Waals surface area (Å²) in [6.07, 6.45) is 1.06. The van der Waals surface area contributed by atoms with E-state index in [-0.39, 0.29) is 6.04 Å². The molecule has 0 aliphatic heterocycles. The van der Waals surface area contributed by atoms with E-state index in [9.17, 15) is 0 Å². The first-order valence-corrected chi connectivity index (χ1v) is 3.72. The van der Waals surface area contributed by atoms with E-state index < -0.39 is 0 Å². The second kappa shape index (κ2) is 6.99. The van der Waals surface area contributed by atoms with E-state index in [1.165, 1.54) is 0 Å². The summed E-state index contributed by atoms with van der Waals surface area (Å²) in [6, 6.07) is 0.252. The van der Waals surface area contributed by atoms with Gasteiger partial charge in [-0.05, 0) is 19.9 Å². The van der Waals surface area contributed by atoms with Gasteiger partial charge in [0, 0.05) is 26.3 Å². The Labute approximate surface area is 62.9 Å². The van der Waals surface area contributed by atoms with Gasteiger partial charge in [-0.15, -0.1) is 0 Å². The fourth-order valence-corrected chi connectivity index (χ4v) is 0.671. The maximum Gasteiger partial charge on any atom is 0.0474 e. The van der Waals surface area contributed by atoms with Gasteiger partial charge in [0.1, 0.15) is 0 Å². The van der Waals surface area contributed by atoms with Gasteiger partial charge in [0.25, 0.3) is 0 Å². The van der Waals surface area contributed by atoms with E-state index in [0.29, 0.717) is 0 Å². The Kier molecular flexibility index (Phi) is 6.91. The van der Waals surface area contributed by atoms with Crippen LogP contribution in [0.1, 0.15) is 13.3 Å². The van der Waals surface area contributed by atoms with E-state index >= 15 is 0 Å². The highest BCUT2D eigenvalue weighted by Gasteiger charge is 1.91. The minimum absolute atomic E-state index is 0.252. The van der Waals surface area contributed by atoms with Gasteiger partial charge in [-0.3, -0.25) is 0 Å². The number of rotatable bonds is 6. The summed E-state index contributed by atoms with van der Waals surface area (Å²) in [6.45, 7) is 4.70. The van der Waals surface area contributed by atoms with Crippen LogP contribution in [0.4, 0.5) is 0 Å². The molecular formula is C7H18N2O. The summed E-state index contributed by atoms with van der Waals surface area (Å²) in [7, 11) is 1.71. The molecule has 0 radical (unpaired) electrons. The fourth-order valence-electron chi connectivity index (χ4n) is 0.671. The molecule has 0 fully saturated rings. The first-order valence-electron chi connectivity index (χ1n) is 3.72. The molecule has 0 bridgehead atoms. The van der Waals surface area contributed by atoms with Gasteiger partial charge in [-0.2, -0.15) is 0 Å². The second-order valence-electron chi connectivity index (χ2n) is 2.53. The summed E-state index contributed by atoms with van der Waals surface area (Å²) in [5, 5.41) is 3.21. The Balaban J connectivity index is 2.77. The molecule has 1 atom stereocenters. The van der Waals surface area contributed by atoms with Crippen LogP contribution < -0.4 is 11.1 Å². The summed E-state index contributed by atoms with van der Waals surface area (Å²) in [4.78, 5) is 0. The number of hydrogen-bond donors (Lipinski definition) is 2. The van der Waals surface area contributed by atoms with Crippen molar-refractivity contribution in [3.8, 4) is 0 Å². The molecule has 1 unspecified atom stereocenters. The van der Waals surface area contributed by atoms with Crippen LogP contribution in [0.2, 0.25) is 0 Å². The van der Waals surface area contributed by atoms with Crippen molar-refractivity contribution in [2.24, 2.45) is 5.73 Å². The van der Waals surface area contributed by atoms with Crippen molar-refractivity contribution < 1.29 is 4.74 Å². The number of nitrogens with two attached hydrogens (primary N) is 1. The first-order chi connectivity index (χ1) is 4.77. The minimum atomic E-state index is 0.252. The van der Waals surface area contributed by atoms with Gasteiger partial charge >= 0.3 is 0 Å². The third kappa shape index (κ3) is 7.88. The molecule has 3 heteroatoms. The van der Waals surface area contributed by atoms with E-state index in [1.54, 1.807) is 7.11 Å². The predicted molar refractivity (Wildman–Crippen MR) is 43.0 cm³/mol. The molecule has 0 aliphatic rings. The van der Waals surface area contributed by atoms with Gasteiger partial charge in [0.05, 0.1) is 0 Å². The lowest BCUT2D eigenvalue weighted by atomic mass is 10.3. The van der Waals surface area contributed by atoms with Crippen molar-refractivity contribution in [1.82, 2.24) is 5.32 Å². The normalized spacial score (nSPS) is 13.5. The standard InChI is InChI=1S/C7H18N2O/c1-7(8)6-9-4-3-5-10-2/h7,9H,3-6,8H2,1-2H3. The number of nitrogens with one attached hydrogen (secondary N) is 1. The maximum absolute atomic E-state index is 5.51. The molecular weight excluding hydrogens is 128 g/mol. The van der Waals surface area contributed by atoms with Crippen molar-refractivity contribution >= 4 is 0 Å². The lowest BCUT2D eigenvalue weighted by Gasteiger charge is -2.06. The first kappa shape index (κ1) is 9.88. The van der Waals surface area contributed by atoms with Gasteiger partial charge in [-0.1, -0.05) is 0 Å². The molecule has 3 nitrogen and oxygen atoms in total. The van der Waals surface area contributed by atoms with E-state index in [1.807, 2.05) is 6.92 Å². The quantitative estimate of drug-likeness (QED) is 0.517. The smallest absolute Gasteiger partial charge is 0.0474 e. The molecule has 62 valence electrons. The van der Waals surface area contributed by atoms with E-state index in [2.05, 4.69) is 5.32 Å². The number of hydrogen-bond acceptors (Lipinski definition) is 3. The Hall–Kier alpha value is -0.120. The van der Waals surface area contributed by atoms with Crippen molar-refractivity contribution in [3.05, 3.63) is 0 Å². The van der Waals surface area contributed by atoms with Crippen LogP contribution in [-0.2, 0) is 4.74 Å². The molecule has 0 spiro atoms. The molecule has 0 saturated carbocycles. The highest BCUT2D eigenvalue weighted by atomic mass is 16.5. The Morgan fingerprint density at radius 1 is 1.60 bits per heavy atom. The van der Waals surface area contributed by atoms with Crippen LogP contribution in [0.15, 0.2) is 0 Å². The summed E-state index contributed by atoms with van der Waals surface area (Å²) in [5.41, 5.74) is 5.51. The molecule has 0 amide bonds. The summed E-state index contributed by atoms with van der Waals surface area (Å²) in [5.74, 6) is 0. The minimum Gasteiger partial charge on any atom is -0.385 e. The highest BCUT2D eigenvalue weighted by Crippen LogP contribution is 1.77. The van der Waals surface area contributed by atoms with Crippen LogP contribution >= 0.6 is 0 Å². The number of ether oxygens (including phenoxy) is 1. The van der Waals surface area contributed by atoms with Gasteiger partial charge in [0.15, 0.2) is 0 Å². The molecule has 0 aromatic rings. The van der Waals surface area contributed by atoms with E-state index in [4.69, 9.17) is 10.5 Å². The Bertz CT molecular complexity index is 66.6. The largest absolute Gasteiger partial charge is 0.385 e. The molecule has 0 rings (SSSR count). The molecule has 10 heavy (non-hydrogen) atoms. The highest BCUT2D eigenvalue weighted by molar-refractivity contribution is 4.56. The maximum atomic E-state index is 5.51. The molecule has 0 aliphatic carbocycles. The van der Waals surface area contributed by atoms with Crippen molar-refractivity contribution in [2.45, 2.75) is 19.4 Å². The predicted octanol–water partition coefficient (Wildman–Crippen LogP) is -0.0403. The topological polar surface area (TPSA) is 47.3 Å². The zero-order chi connectivity index (χ0) is 7.82. The Morgan fingerprint density at radius 2 is 2.30 bits per heavy atom. The number of methoxy groups -OCH3 is 1. The zero-order valence-electron chi connectivity index (χ0n) is 6.89. The van der Waals surface area contributed by atoms with Crippen molar-refractivity contribution in [3.63, 3.8) is 0 Å². The fraction of sp³-hybridized carbons (Fsp3) is 1.00. The van der Waals surface area contributed by atoms with Crippen LogP contribution in [0.3, 0.4) is 0 Å². The summed E-state index contributed by atoms with van der Waals surface area (Å²) < 4.78 is 4.88. The lowest BCUT2D eigenvalue weighted by Crippen LogP contribution is -2.31. The van der Waals surface area contributed by atoms with Crippen LogP contribution in [0.25, 0.3) is 0 Å². The van der Waals surface area contributed by atoms with E-state index in [0.717, 1.165) is 26.1 Å². The van der Waals surface area contributed by atoms with Crippen LogP contribution in [0, 0.1) is 0 Å². The molecule has 0 aromatic heterocycles. The van der Waals surface area contributed by atoms with Crippen molar-refractivity contribution in [1.29, 1.82) is 0 Å². The van der Waals surface area contributed by atoms with Gasteiger partial charge in [0.2, 0.25) is 0 Å². The van der Waals surface area contributed by atoms with Crippen molar-refractivity contribution in [2.75, 3.05) is 26.8 Å². The average molecular weight is 146 g/mol. The second-order valence-corrected chi connectivity index (χ2v) is 2.53. The molecule has 3 N–H and O–H groups in total. The monoisotopic (exact) mass is 146 g/mol. The molecule has 0 saturated heterocycles. The van der Waals surface area contributed by atoms with Gasteiger partial charge < -0.3 is 15.8 Å². The lowest BCUT2D eigenvalue weighted by molar-refractivity contribution is 0.194. The van der Waals surface area contributed by atoms with Crippen LogP contribution in [-0.4, -0.2) is 32.8 Å². The SMILES string of the molecule is COCCCNCC(C)N. The van der Waals surface area contributed by atoms with Gasteiger partial charge in [-0.25, -0.2) is 0 Å². The van der Waals surface area contributed by atoms with Crippen LogP contribution in [0.5, 0.6) is 0 Å². The molecule has 0 aromatic carbocycles. The average Bonchev–Trinajstić information content (AvgIpc) is 1.87. The Morgan fingerprint density at radius 3 is 2.80 bits per heavy atom. The zero-order valence-corrected chi connectivity index (χ0v) is 6.89. The third-order valence-corrected chi connectivity index (χ3v) is 1.17.